The summed E-state index contributed by atoms with van der Waals surface area (Å²) in [5.74, 6) is 10.3. The standard InChI is InChI=1S/C63H100ClNO15Si3/c1-24-53(77-55-50(64)36-46(37-52(55)75-44-70-18)51(65-57(68)78-59(8,9)10)33-35-72-56(67)58(5,6)7)63(80-83(25-2,26-3)27-4)39-49(74-43-69-17)38-47(63)32-34-62(42-66,79-82(22,23)61(14,15)16)54(41-76-81(20,21)60(11,12)13)73-40-45-28-30-48(71-19)31-29-45/h1,28-31,36-38,42,49,51,53-54H,25-27,33,35,39-41,43-44H2,2-23H3,(H,65,68)/t49-,51+,53-,54+,62+,63-/m1/s1. The summed E-state index contributed by atoms with van der Waals surface area (Å²) in [5, 5.41) is 2.40. The Balaban J connectivity index is 2.51. The number of nitrogens with one attached hydrogen (secondary N) is 1. The molecule has 1 aliphatic rings. The molecule has 0 fully saturated rings. The lowest BCUT2D eigenvalue weighted by atomic mass is 9.88. The zero-order chi connectivity index (χ0) is 63.0. The molecular formula is C63H100ClNO15Si3. The van der Waals surface area contributed by atoms with Crippen molar-refractivity contribution in [2.24, 2.45) is 5.41 Å². The number of methoxy groups -OCH3 is 3. The van der Waals surface area contributed by atoms with Crippen LogP contribution in [0.5, 0.6) is 17.2 Å². The Hall–Kier alpha value is -4.23. The maximum absolute atomic E-state index is 14.6. The zero-order valence-electron chi connectivity index (χ0n) is 54.1. The van der Waals surface area contributed by atoms with Crippen molar-refractivity contribution in [3.63, 3.8) is 0 Å². The third kappa shape index (κ3) is 20.2. The van der Waals surface area contributed by atoms with Gasteiger partial charge in [-0.25, -0.2) is 4.79 Å². The highest BCUT2D eigenvalue weighted by atomic mass is 35.5. The zero-order valence-corrected chi connectivity index (χ0v) is 57.8. The van der Waals surface area contributed by atoms with Gasteiger partial charge in [0, 0.05) is 32.6 Å². The number of ether oxygens (including phenoxy) is 9. The second-order valence-electron chi connectivity index (χ2n) is 26.3. The molecule has 0 heterocycles. The van der Waals surface area contributed by atoms with Gasteiger partial charge in [0.25, 0.3) is 0 Å². The molecule has 6 atom stereocenters. The first-order valence-electron chi connectivity index (χ1n) is 28.8. The topological polar surface area (TPSA) is 174 Å². The fraction of sp³-hybridized carbons (Fsp3) is 0.667. The van der Waals surface area contributed by atoms with Crippen molar-refractivity contribution < 1.29 is 70.3 Å². The van der Waals surface area contributed by atoms with E-state index >= 15 is 0 Å². The summed E-state index contributed by atoms with van der Waals surface area (Å²) >= 11 is 7.36. The van der Waals surface area contributed by atoms with Crippen LogP contribution >= 0.6 is 11.6 Å². The summed E-state index contributed by atoms with van der Waals surface area (Å²) in [6.45, 7) is 37.8. The first-order valence-corrected chi connectivity index (χ1v) is 37.5. The van der Waals surface area contributed by atoms with Crippen molar-refractivity contribution in [1.29, 1.82) is 0 Å². The number of hydrogen-bond donors (Lipinski definition) is 1. The number of hydrogen-bond acceptors (Lipinski definition) is 15. The third-order valence-electron chi connectivity index (χ3n) is 15.9. The molecule has 0 saturated carbocycles. The molecule has 1 amide bonds. The van der Waals surface area contributed by atoms with Crippen LogP contribution in [0.15, 0.2) is 48.0 Å². The lowest BCUT2D eigenvalue weighted by Gasteiger charge is -2.45. The summed E-state index contributed by atoms with van der Waals surface area (Å²) < 4.78 is 76.3. The molecule has 0 spiro atoms. The van der Waals surface area contributed by atoms with Gasteiger partial charge < -0.3 is 61.2 Å². The largest absolute Gasteiger partial charge is 0.497 e. The van der Waals surface area contributed by atoms with E-state index in [2.05, 4.69) is 112 Å². The Morgan fingerprint density at radius 1 is 0.867 bits per heavy atom. The van der Waals surface area contributed by atoms with Gasteiger partial charge in [-0.2, -0.15) is 0 Å². The van der Waals surface area contributed by atoms with Crippen LogP contribution in [0.3, 0.4) is 0 Å². The predicted octanol–water partition coefficient (Wildman–Crippen LogP) is 13.9. The highest BCUT2D eigenvalue weighted by Crippen LogP contribution is 2.48. The molecule has 83 heavy (non-hydrogen) atoms. The molecule has 0 bridgehead atoms. The van der Waals surface area contributed by atoms with Crippen LogP contribution in [-0.2, 0) is 57.9 Å². The smallest absolute Gasteiger partial charge is 0.408 e. The minimum atomic E-state index is -2.92. The van der Waals surface area contributed by atoms with Crippen LogP contribution in [0.4, 0.5) is 4.79 Å². The molecule has 2 aromatic rings. The number of halogens is 1. The first kappa shape index (κ1) is 73.0. The van der Waals surface area contributed by atoms with Gasteiger partial charge in [0.2, 0.25) is 5.60 Å². The molecule has 1 aliphatic carbocycles. The van der Waals surface area contributed by atoms with Crippen LogP contribution in [0.25, 0.3) is 0 Å². The molecule has 1 N–H and O–H groups in total. The second kappa shape index (κ2) is 30.4. The number of rotatable bonds is 30. The first-order chi connectivity index (χ1) is 38.4. The van der Waals surface area contributed by atoms with Gasteiger partial charge in [0.1, 0.15) is 29.8 Å². The van der Waals surface area contributed by atoms with Crippen molar-refractivity contribution in [3.8, 4) is 41.4 Å². The monoisotopic (exact) mass is 1230 g/mol. The highest BCUT2D eigenvalue weighted by molar-refractivity contribution is 6.75. The minimum Gasteiger partial charge on any atom is -0.497 e. The molecule has 20 heteroatoms. The fourth-order valence-electron chi connectivity index (χ4n) is 8.49. The Morgan fingerprint density at radius 2 is 1.47 bits per heavy atom. The van der Waals surface area contributed by atoms with Crippen molar-refractivity contribution in [2.75, 3.05) is 48.1 Å². The van der Waals surface area contributed by atoms with E-state index in [4.69, 9.17) is 73.9 Å². The SMILES string of the molecule is C#C[C@@H](Oc1c(Cl)cc([C@H](CCOC(=O)C(C)(C)C)NC(=O)OC(C)(C)C)cc1OCOC)[C@@]1(O[Si](CC)(CC)CC)C[C@H](OCOC)C=C1C#C[C@@](C=O)(O[Si](C)(C)C(C)(C)C)[C@H](CO[Si](C)(C)C(C)(C)C)OCc1ccc(OC)cc1. The van der Waals surface area contributed by atoms with E-state index < -0.39 is 83.6 Å². The summed E-state index contributed by atoms with van der Waals surface area (Å²) in [4.78, 5) is 40.9. The number of alkyl carbamates (subject to hydrolysis) is 1. The van der Waals surface area contributed by atoms with Crippen LogP contribution in [0.1, 0.15) is 134 Å². The molecule has 0 unspecified atom stereocenters. The van der Waals surface area contributed by atoms with Crippen LogP contribution < -0.4 is 19.5 Å². The van der Waals surface area contributed by atoms with E-state index in [-0.39, 0.29) is 72.8 Å². The van der Waals surface area contributed by atoms with Gasteiger partial charge in [-0.1, -0.05) is 104 Å². The molecule has 0 saturated heterocycles. The van der Waals surface area contributed by atoms with Gasteiger partial charge in [0.05, 0.1) is 49.5 Å². The third-order valence-corrected chi connectivity index (χ3v) is 29.8. The maximum Gasteiger partial charge on any atom is 0.408 e. The van der Waals surface area contributed by atoms with Gasteiger partial charge in [0.15, 0.2) is 55.6 Å². The summed E-state index contributed by atoms with van der Waals surface area (Å²) in [6.07, 6.45) is 5.86. The van der Waals surface area contributed by atoms with Crippen LogP contribution in [0, 0.1) is 29.6 Å². The number of esters is 1. The normalized spacial score (nSPS) is 18.0. The van der Waals surface area contributed by atoms with Gasteiger partial charge in [-0.3, -0.25) is 9.59 Å². The summed E-state index contributed by atoms with van der Waals surface area (Å²) in [6, 6.07) is 12.1. The Bertz CT molecular complexity index is 2570. The van der Waals surface area contributed by atoms with Gasteiger partial charge >= 0.3 is 12.1 Å². The molecule has 2 aromatic carbocycles. The summed E-state index contributed by atoms with van der Waals surface area (Å²) in [5.41, 5.74) is -3.38. The van der Waals surface area contributed by atoms with Crippen molar-refractivity contribution in [3.05, 3.63) is 64.2 Å². The molecular weight excluding hydrogens is 1130 g/mol. The van der Waals surface area contributed by atoms with Crippen LogP contribution in [-0.4, -0.2) is 127 Å². The number of terminal acetylenes is 1. The lowest BCUT2D eigenvalue weighted by Crippen LogP contribution is -2.58. The van der Waals surface area contributed by atoms with E-state index in [1.807, 2.05) is 30.3 Å². The number of carbonyl (C=O) groups is 3. The number of aldehydes is 1. The van der Waals surface area contributed by atoms with E-state index in [1.54, 1.807) is 60.8 Å². The fourth-order valence-corrected chi connectivity index (χ4v) is 14.1. The molecule has 0 aromatic heterocycles. The maximum atomic E-state index is 14.6. The Morgan fingerprint density at radius 3 is 1.98 bits per heavy atom. The second-order valence-corrected chi connectivity index (χ2v) is 40.9. The van der Waals surface area contributed by atoms with Crippen molar-refractivity contribution in [2.45, 2.75) is 219 Å². The van der Waals surface area contributed by atoms with E-state index in [1.165, 1.54) is 14.2 Å². The molecule has 0 aliphatic heterocycles. The summed E-state index contributed by atoms with van der Waals surface area (Å²) in [7, 11) is -3.56. The van der Waals surface area contributed by atoms with Gasteiger partial charge in [-0.15, -0.1) is 6.42 Å². The highest BCUT2D eigenvalue weighted by Gasteiger charge is 2.56. The minimum absolute atomic E-state index is 0.0163. The molecule has 3 rings (SSSR count). The van der Waals surface area contributed by atoms with Crippen molar-refractivity contribution in [1.82, 2.24) is 5.32 Å². The van der Waals surface area contributed by atoms with Crippen molar-refractivity contribution >= 4 is 54.9 Å². The number of carbonyl (C=O) groups excluding carboxylic acids is 3. The van der Waals surface area contributed by atoms with Crippen LogP contribution in [0.2, 0.25) is 59.4 Å². The van der Waals surface area contributed by atoms with E-state index in [0.717, 1.165) is 11.8 Å². The molecule has 466 valence electrons. The Kier molecular flexibility index (Phi) is 26.8. The average molecular weight is 1230 g/mol. The average Bonchev–Trinajstić information content (AvgIpc) is 4.05. The van der Waals surface area contributed by atoms with Gasteiger partial charge in [-0.05, 0) is 137 Å². The molecule has 16 nitrogen and oxygen atoms in total. The quantitative estimate of drug-likeness (QED) is 0.0257. The van der Waals surface area contributed by atoms with E-state index in [9.17, 15) is 14.4 Å². The lowest BCUT2D eigenvalue weighted by molar-refractivity contribution is -0.153. The number of benzene rings is 2. The Labute approximate surface area is 506 Å². The van der Waals surface area contributed by atoms with E-state index in [0.29, 0.717) is 35.0 Å². The number of amides is 1. The molecule has 0 radical (unpaired) electrons. The predicted molar refractivity (Wildman–Crippen MR) is 334 cm³/mol.